The molecule has 4 nitrogen and oxygen atoms in total. The molecule has 3 aromatic rings. The highest BCUT2D eigenvalue weighted by Gasteiger charge is 2.32. The molecule has 0 aliphatic carbocycles. The molecule has 3 rings (SSSR count). The van der Waals surface area contributed by atoms with Crippen molar-refractivity contribution >= 4 is 34.1 Å². The van der Waals surface area contributed by atoms with Crippen LogP contribution in [0.1, 0.15) is 25.0 Å². The first-order valence-electron chi connectivity index (χ1n) is 7.50. The normalized spacial score (nSPS) is 11.2. The predicted molar refractivity (Wildman–Crippen MR) is 96.1 cm³/mol. The van der Waals surface area contributed by atoms with E-state index in [1.165, 1.54) is 0 Å². The van der Waals surface area contributed by atoms with E-state index in [9.17, 15) is 4.79 Å². The highest BCUT2D eigenvalue weighted by molar-refractivity contribution is 6.31. The molecule has 0 radical (unpaired) electrons. The smallest absolute Gasteiger partial charge is 0.234 e. The Morgan fingerprint density at radius 2 is 1.92 bits per heavy atom. The first-order valence-corrected chi connectivity index (χ1v) is 7.88. The maximum Gasteiger partial charge on any atom is 0.234 e. The molecule has 2 N–H and O–H groups in total. The molecular formula is C19H16ClN3O. The summed E-state index contributed by atoms with van der Waals surface area (Å²) in [5, 5.41) is 13.3. The van der Waals surface area contributed by atoms with Crippen LogP contribution in [-0.2, 0) is 10.2 Å². The van der Waals surface area contributed by atoms with Crippen LogP contribution in [-0.4, -0.2) is 10.9 Å². The van der Waals surface area contributed by atoms with Crippen molar-refractivity contribution < 1.29 is 4.79 Å². The highest BCUT2D eigenvalue weighted by Crippen LogP contribution is 2.33. The predicted octanol–water partition coefficient (Wildman–Crippen LogP) is 4.61. The van der Waals surface area contributed by atoms with Gasteiger partial charge in [-0.15, -0.1) is 0 Å². The molecule has 24 heavy (non-hydrogen) atoms. The summed E-state index contributed by atoms with van der Waals surface area (Å²) in [6, 6.07) is 14.4. The number of anilines is 1. The topological polar surface area (TPSA) is 68.7 Å². The van der Waals surface area contributed by atoms with Crippen molar-refractivity contribution in [2.24, 2.45) is 0 Å². The number of H-pyrrole nitrogens is 1. The fourth-order valence-electron chi connectivity index (χ4n) is 2.65. The molecule has 120 valence electrons. The number of carbonyl (C=O) groups excluding carboxylic acids is 1. The van der Waals surface area contributed by atoms with Crippen molar-refractivity contribution in [3.8, 4) is 6.07 Å². The molecule has 0 atom stereocenters. The minimum absolute atomic E-state index is 0.131. The molecule has 1 amide bonds. The SMILES string of the molecule is CC(C)(C(=O)Nc1ccc(C#N)cc1)c1c[nH]c2ccc(Cl)cc12. The van der Waals surface area contributed by atoms with Crippen LogP contribution in [0.5, 0.6) is 0 Å². The first kappa shape index (κ1) is 16.1. The molecule has 0 fully saturated rings. The molecule has 0 bridgehead atoms. The number of nitrogens with zero attached hydrogens (tertiary/aromatic N) is 1. The molecule has 0 aliphatic rings. The van der Waals surface area contributed by atoms with Crippen LogP contribution in [0.15, 0.2) is 48.7 Å². The Labute approximate surface area is 145 Å². The van der Waals surface area contributed by atoms with Crippen LogP contribution in [0.25, 0.3) is 10.9 Å². The van der Waals surface area contributed by atoms with Crippen molar-refractivity contribution in [3.05, 3.63) is 64.8 Å². The van der Waals surface area contributed by atoms with Crippen molar-refractivity contribution in [3.63, 3.8) is 0 Å². The molecule has 0 unspecified atom stereocenters. The summed E-state index contributed by atoms with van der Waals surface area (Å²) in [6.07, 6.45) is 1.85. The van der Waals surface area contributed by atoms with Gasteiger partial charge in [-0.3, -0.25) is 4.79 Å². The number of rotatable bonds is 3. The Kier molecular flexibility index (Phi) is 4.04. The molecule has 1 heterocycles. The van der Waals surface area contributed by atoms with Gasteiger partial charge in [-0.2, -0.15) is 5.26 Å². The van der Waals surface area contributed by atoms with Gasteiger partial charge in [0.1, 0.15) is 0 Å². The number of halogens is 1. The lowest BCUT2D eigenvalue weighted by molar-refractivity contribution is -0.120. The largest absolute Gasteiger partial charge is 0.361 e. The molecule has 0 saturated carbocycles. The van der Waals surface area contributed by atoms with E-state index in [4.69, 9.17) is 16.9 Å². The van der Waals surface area contributed by atoms with Gasteiger partial charge in [0, 0.05) is 27.8 Å². The van der Waals surface area contributed by atoms with Gasteiger partial charge in [0.2, 0.25) is 5.91 Å². The molecule has 5 heteroatoms. The fraction of sp³-hybridized carbons (Fsp3) is 0.158. The summed E-state index contributed by atoms with van der Waals surface area (Å²) in [5.74, 6) is -0.131. The second kappa shape index (κ2) is 6.03. The van der Waals surface area contributed by atoms with Crippen molar-refractivity contribution in [1.82, 2.24) is 4.98 Å². The average molecular weight is 338 g/mol. The van der Waals surface area contributed by atoms with Gasteiger partial charge < -0.3 is 10.3 Å². The van der Waals surface area contributed by atoms with Crippen molar-refractivity contribution in [1.29, 1.82) is 5.26 Å². The monoisotopic (exact) mass is 337 g/mol. The molecule has 0 saturated heterocycles. The summed E-state index contributed by atoms with van der Waals surface area (Å²) < 4.78 is 0. The quantitative estimate of drug-likeness (QED) is 0.732. The van der Waals surface area contributed by atoms with Gasteiger partial charge in [0.25, 0.3) is 0 Å². The van der Waals surface area contributed by atoms with Crippen LogP contribution < -0.4 is 5.32 Å². The first-order chi connectivity index (χ1) is 11.4. The van der Waals surface area contributed by atoms with E-state index in [1.54, 1.807) is 24.3 Å². The lowest BCUT2D eigenvalue weighted by Gasteiger charge is -2.23. The zero-order chi connectivity index (χ0) is 17.3. The lowest BCUT2D eigenvalue weighted by atomic mass is 9.83. The number of hydrogen-bond donors (Lipinski definition) is 2. The maximum atomic E-state index is 12.8. The van der Waals surface area contributed by atoms with Gasteiger partial charge in [-0.1, -0.05) is 11.6 Å². The van der Waals surface area contributed by atoms with Crippen LogP contribution in [0.3, 0.4) is 0 Å². The van der Waals surface area contributed by atoms with Crippen LogP contribution in [0.4, 0.5) is 5.69 Å². The van der Waals surface area contributed by atoms with Gasteiger partial charge in [-0.25, -0.2) is 0 Å². The molecular weight excluding hydrogens is 322 g/mol. The van der Waals surface area contributed by atoms with E-state index in [-0.39, 0.29) is 5.91 Å². The molecule has 2 aromatic carbocycles. The van der Waals surface area contributed by atoms with Crippen LogP contribution in [0.2, 0.25) is 5.02 Å². The standard InChI is InChI=1S/C19H16ClN3O/c1-19(2,16-11-22-17-8-5-13(20)9-15(16)17)18(24)23-14-6-3-12(10-21)4-7-14/h3-9,11,22H,1-2H3,(H,23,24). The Balaban J connectivity index is 1.91. The number of amides is 1. The van der Waals surface area contributed by atoms with Crippen LogP contribution in [0, 0.1) is 11.3 Å². The summed E-state index contributed by atoms with van der Waals surface area (Å²) in [6.45, 7) is 3.74. The zero-order valence-corrected chi connectivity index (χ0v) is 14.1. The van der Waals surface area contributed by atoms with E-state index in [0.29, 0.717) is 16.3 Å². The summed E-state index contributed by atoms with van der Waals surface area (Å²) in [4.78, 5) is 16.0. The van der Waals surface area contributed by atoms with E-state index in [0.717, 1.165) is 16.5 Å². The number of aromatic nitrogens is 1. The van der Waals surface area contributed by atoms with E-state index >= 15 is 0 Å². The maximum absolute atomic E-state index is 12.8. The summed E-state index contributed by atoms with van der Waals surface area (Å²) in [5.41, 5.74) is 2.28. The Morgan fingerprint density at radius 3 is 2.58 bits per heavy atom. The average Bonchev–Trinajstić information content (AvgIpc) is 2.99. The minimum Gasteiger partial charge on any atom is -0.361 e. The number of nitrogens with one attached hydrogen (secondary N) is 2. The van der Waals surface area contributed by atoms with Crippen LogP contribution >= 0.6 is 11.6 Å². The number of nitriles is 1. The Morgan fingerprint density at radius 1 is 1.21 bits per heavy atom. The number of carbonyl (C=O) groups is 1. The molecule has 1 aromatic heterocycles. The summed E-state index contributed by atoms with van der Waals surface area (Å²) >= 11 is 6.09. The number of hydrogen-bond acceptors (Lipinski definition) is 2. The third-order valence-electron chi connectivity index (χ3n) is 4.16. The second-order valence-electron chi connectivity index (χ2n) is 6.16. The Hall–Kier alpha value is -2.77. The zero-order valence-electron chi connectivity index (χ0n) is 13.4. The highest BCUT2D eigenvalue weighted by atomic mass is 35.5. The minimum atomic E-state index is -0.753. The number of benzene rings is 2. The molecule has 0 spiro atoms. The third kappa shape index (κ3) is 2.86. The third-order valence-corrected chi connectivity index (χ3v) is 4.39. The molecule has 0 aliphatic heterocycles. The van der Waals surface area contributed by atoms with E-state index in [1.807, 2.05) is 38.2 Å². The van der Waals surface area contributed by atoms with E-state index < -0.39 is 5.41 Å². The number of aromatic amines is 1. The second-order valence-corrected chi connectivity index (χ2v) is 6.60. The summed E-state index contributed by atoms with van der Waals surface area (Å²) in [7, 11) is 0. The van der Waals surface area contributed by atoms with Gasteiger partial charge in [0.05, 0.1) is 17.0 Å². The Bertz CT molecular complexity index is 949. The van der Waals surface area contributed by atoms with E-state index in [2.05, 4.69) is 16.4 Å². The number of fused-ring (bicyclic) bond motifs is 1. The van der Waals surface area contributed by atoms with Gasteiger partial charge in [-0.05, 0) is 61.9 Å². The van der Waals surface area contributed by atoms with Gasteiger partial charge >= 0.3 is 0 Å². The fourth-order valence-corrected chi connectivity index (χ4v) is 2.82. The van der Waals surface area contributed by atoms with Gasteiger partial charge in [0.15, 0.2) is 0 Å². The van der Waals surface area contributed by atoms with Crippen molar-refractivity contribution in [2.75, 3.05) is 5.32 Å². The lowest BCUT2D eigenvalue weighted by Crippen LogP contribution is -2.34. The van der Waals surface area contributed by atoms with Crippen molar-refractivity contribution in [2.45, 2.75) is 19.3 Å².